The van der Waals surface area contributed by atoms with Crippen molar-refractivity contribution in [2.75, 3.05) is 25.1 Å². The summed E-state index contributed by atoms with van der Waals surface area (Å²) in [6.07, 6.45) is 3.55. The number of benzene rings is 1. The number of aromatic nitrogens is 3. The van der Waals surface area contributed by atoms with Crippen molar-refractivity contribution in [3.63, 3.8) is 0 Å². The van der Waals surface area contributed by atoms with Crippen LogP contribution in [0.2, 0.25) is 0 Å². The molecule has 2 heterocycles. The van der Waals surface area contributed by atoms with Crippen LogP contribution in [0, 0.1) is 5.92 Å². The molecule has 8 nitrogen and oxygen atoms in total. The zero-order chi connectivity index (χ0) is 22.1. The van der Waals surface area contributed by atoms with E-state index in [-0.39, 0.29) is 5.92 Å². The van der Waals surface area contributed by atoms with Crippen molar-refractivity contribution in [2.45, 2.75) is 46.6 Å². The lowest BCUT2D eigenvalue weighted by Gasteiger charge is -2.17. The van der Waals surface area contributed by atoms with E-state index in [9.17, 15) is 8.42 Å². The van der Waals surface area contributed by atoms with Crippen molar-refractivity contribution in [3.8, 4) is 5.75 Å². The van der Waals surface area contributed by atoms with Crippen LogP contribution >= 0.6 is 0 Å². The van der Waals surface area contributed by atoms with E-state index in [0.717, 1.165) is 40.3 Å². The minimum atomic E-state index is -3.19. The minimum Gasteiger partial charge on any atom is -0.493 e. The van der Waals surface area contributed by atoms with Crippen LogP contribution in [-0.4, -0.2) is 42.4 Å². The van der Waals surface area contributed by atoms with E-state index in [1.807, 2.05) is 18.5 Å². The number of fused-ring (bicyclic) bond motifs is 3. The van der Waals surface area contributed by atoms with Gasteiger partial charge in [0.05, 0.1) is 30.2 Å². The summed E-state index contributed by atoms with van der Waals surface area (Å²) in [4.78, 5) is 9.13. The molecule has 164 valence electrons. The molecular weight excluding hydrogens is 402 g/mol. The molecule has 1 aromatic carbocycles. The van der Waals surface area contributed by atoms with E-state index in [1.165, 1.54) is 0 Å². The molecule has 0 aliphatic carbocycles. The zero-order valence-corrected chi connectivity index (χ0v) is 19.1. The topological polar surface area (TPSA) is 112 Å². The maximum Gasteiger partial charge on any atom is 0.208 e. The number of sulfonamides is 1. The number of hydrogen-bond acceptors (Lipinski definition) is 6. The van der Waals surface area contributed by atoms with Crippen LogP contribution in [0.5, 0.6) is 5.75 Å². The Hall–Kier alpha value is -2.39. The van der Waals surface area contributed by atoms with E-state index < -0.39 is 10.0 Å². The summed E-state index contributed by atoms with van der Waals surface area (Å²) in [6, 6.07) is 3.94. The maximum atomic E-state index is 11.2. The molecule has 0 saturated heterocycles. The molecule has 0 amide bonds. The van der Waals surface area contributed by atoms with E-state index >= 15 is 0 Å². The smallest absolute Gasteiger partial charge is 0.208 e. The molecule has 3 rings (SSSR count). The van der Waals surface area contributed by atoms with E-state index in [2.05, 4.69) is 47.0 Å². The molecule has 0 atom stereocenters. The van der Waals surface area contributed by atoms with Crippen LogP contribution in [0.1, 0.15) is 45.6 Å². The summed E-state index contributed by atoms with van der Waals surface area (Å²) in [5, 5.41) is 1.05. The molecule has 0 radical (unpaired) electrons. The lowest BCUT2D eigenvalue weighted by atomic mass is 9.96. The van der Waals surface area contributed by atoms with Crippen molar-refractivity contribution in [3.05, 3.63) is 24.0 Å². The van der Waals surface area contributed by atoms with Gasteiger partial charge < -0.3 is 15.0 Å². The number of anilines is 1. The molecular formula is C21H31N5O3S. The zero-order valence-electron chi connectivity index (χ0n) is 18.3. The van der Waals surface area contributed by atoms with Gasteiger partial charge in [-0.1, -0.05) is 27.7 Å². The average molecular weight is 434 g/mol. The minimum absolute atomic E-state index is 0.249. The highest BCUT2D eigenvalue weighted by molar-refractivity contribution is 7.88. The normalized spacial score (nSPS) is 12.5. The van der Waals surface area contributed by atoms with Crippen LogP contribution in [-0.2, 0) is 16.6 Å². The maximum absolute atomic E-state index is 11.2. The molecule has 3 aromatic rings. The van der Waals surface area contributed by atoms with Crippen molar-refractivity contribution in [2.24, 2.45) is 5.92 Å². The monoisotopic (exact) mass is 433 g/mol. The Balaban J connectivity index is 2.00. The molecule has 0 spiro atoms. The second-order valence-electron chi connectivity index (χ2n) is 8.41. The molecule has 9 heteroatoms. The molecule has 0 saturated carbocycles. The summed E-state index contributed by atoms with van der Waals surface area (Å²) in [6.45, 7) is 10.2. The summed E-state index contributed by atoms with van der Waals surface area (Å²) in [7, 11) is -3.19. The predicted octanol–water partition coefficient (Wildman–Crippen LogP) is 3.26. The number of hydrogen-bond donors (Lipinski definition) is 2. The Morgan fingerprint density at radius 1 is 1.23 bits per heavy atom. The van der Waals surface area contributed by atoms with Crippen LogP contribution in [0.4, 0.5) is 5.82 Å². The average Bonchev–Trinajstić information content (AvgIpc) is 3.03. The number of nitrogens with zero attached hydrogens (tertiary/aromatic N) is 3. The standard InChI is InChI=1S/C21H31N5O3S/c1-13(2)11-26-12-23-19-20(26)18-16(14(3)4)9-15(10-17(18)25-21(19)22)29-8-6-7-24-30(5,27)28/h9-10,12-14,24H,6-8,11H2,1-5H3,(H2,22,25). The van der Waals surface area contributed by atoms with Crippen molar-refractivity contribution >= 4 is 37.8 Å². The van der Waals surface area contributed by atoms with E-state index in [0.29, 0.717) is 37.1 Å². The second kappa shape index (κ2) is 8.77. The molecule has 0 fully saturated rings. The Kier molecular flexibility index (Phi) is 6.52. The number of ether oxygens (including phenoxy) is 1. The molecule has 3 N–H and O–H groups in total. The van der Waals surface area contributed by atoms with Crippen LogP contribution < -0.4 is 15.2 Å². The highest BCUT2D eigenvalue weighted by Gasteiger charge is 2.18. The second-order valence-corrected chi connectivity index (χ2v) is 10.2. The largest absolute Gasteiger partial charge is 0.493 e. The van der Waals surface area contributed by atoms with Crippen LogP contribution in [0.3, 0.4) is 0 Å². The lowest BCUT2D eigenvalue weighted by Crippen LogP contribution is -2.24. The summed E-state index contributed by atoms with van der Waals surface area (Å²) < 4.78 is 32.9. The van der Waals surface area contributed by atoms with Gasteiger partial charge in [0.1, 0.15) is 11.3 Å². The third-order valence-electron chi connectivity index (χ3n) is 4.82. The number of nitrogens with one attached hydrogen (secondary N) is 1. The fourth-order valence-electron chi connectivity index (χ4n) is 3.57. The fourth-order valence-corrected chi connectivity index (χ4v) is 4.09. The van der Waals surface area contributed by atoms with Crippen molar-refractivity contribution < 1.29 is 13.2 Å². The number of imidazole rings is 1. The van der Waals surface area contributed by atoms with Gasteiger partial charge in [0.25, 0.3) is 0 Å². The van der Waals surface area contributed by atoms with Gasteiger partial charge in [-0.25, -0.2) is 23.1 Å². The van der Waals surface area contributed by atoms with Gasteiger partial charge >= 0.3 is 0 Å². The number of nitrogens with two attached hydrogens (primary N) is 1. The SMILES string of the molecule is CC(C)Cn1cnc2c(N)nc3cc(OCCCNS(C)(=O)=O)cc(C(C)C)c3c21. The molecule has 2 aromatic heterocycles. The Labute approximate surface area is 177 Å². The van der Waals surface area contributed by atoms with E-state index in [1.54, 1.807) is 0 Å². The first-order valence-electron chi connectivity index (χ1n) is 10.2. The highest BCUT2D eigenvalue weighted by Crippen LogP contribution is 2.36. The third kappa shape index (κ3) is 5.02. The molecule has 30 heavy (non-hydrogen) atoms. The Morgan fingerprint density at radius 3 is 2.60 bits per heavy atom. The van der Waals surface area contributed by atoms with Gasteiger partial charge in [-0.05, 0) is 29.9 Å². The first kappa shape index (κ1) is 22.3. The fraction of sp³-hybridized carbons (Fsp3) is 0.524. The number of pyridine rings is 1. The molecule has 0 bridgehead atoms. The number of nitrogen functional groups attached to an aromatic ring is 1. The van der Waals surface area contributed by atoms with Crippen molar-refractivity contribution in [1.29, 1.82) is 0 Å². The van der Waals surface area contributed by atoms with Crippen molar-refractivity contribution in [1.82, 2.24) is 19.3 Å². The lowest BCUT2D eigenvalue weighted by molar-refractivity contribution is 0.311. The van der Waals surface area contributed by atoms with Gasteiger partial charge in [0, 0.05) is 24.5 Å². The summed E-state index contributed by atoms with van der Waals surface area (Å²) >= 11 is 0. The van der Waals surface area contributed by atoms with Crippen LogP contribution in [0.15, 0.2) is 18.5 Å². The van der Waals surface area contributed by atoms with Gasteiger partial charge in [0.2, 0.25) is 10.0 Å². The summed E-state index contributed by atoms with van der Waals surface area (Å²) in [5.41, 5.74) is 9.87. The van der Waals surface area contributed by atoms with Gasteiger partial charge in [-0.15, -0.1) is 0 Å². The van der Waals surface area contributed by atoms with Gasteiger partial charge in [-0.3, -0.25) is 0 Å². The highest BCUT2D eigenvalue weighted by atomic mass is 32.2. The van der Waals surface area contributed by atoms with Crippen LogP contribution in [0.25, 0.3) is 21.9 Å². The number of rotatable bonds is 9. The van der Waals surface area contributed by atoms with Gasteiger partial charge in [0.15, 0.2) is 5.82 Å². The Bertz CT molecular complexity index is 1150. The van der Waals surface area contributed by atoms with Gasteiger partial charge in [-0.2, -0.15) is 0 Å². The van der Waals surface area contributed by atoms with E-state index in [4.69, 9.17) is 10.5 Å². The molecule has 0 aliphatic heterocycles. The third-order valence-corrected chi connectivity index (χ3v) is 5.55. The Morgan fingerprint density at radius 2 is 1.97 bits per heavy atom. The first-order chi connectivity index (χ1) is 14.1. The molecule has 0 unspecified atom stereocenters. The molecule has 0 aliphatic rings. The predicted molar refractivity (Wildman–Crippen MR) is 121 cm³/mol. The quantitative estimate of drug-likeness (QED) is 0.501. The summed E-state index contributed by atoms with van der Waals surface area (Å²) in [5.74, 6) is 1.83. The first-order valence-corrected chi connectivity index (χ1v) is 12.1.